The van der Waals surface area contributed by atoms with Crippen molar-refractivity contribution in [1.29, 1.82) is 0 Å². The van der Waals surface area contributed by atoms with E-state index in [1.165, 1.54) is 18.7 Å². The van der Waals surface area contributed by atoms with Crippen LogP contribution >= 0.6 is 23.4 Å². The third kappa shape index (κ3) is 5.48. The maximum Gasteiger partial charge on any atom is 0.302 e. The van der Waals surface area contributed by atoms with Gasteiger partial charge in [-0.25, -0.2) is 0 Å². The van der Waals surface area contributed by atoms with Crippen molar-refractivity contribution in [3.63, 3.8) is 0 Å². The molecule has 0 saturated carbocycles. The van der Waals surface area contributed by atoms with Crippen molar-refractivity contribution < 1.29 is 19.1 Å². The van der Waals surface area contributed by atoms with Crippen molar-refractivity contribution in [3.8, 4) is 0 Å². The lowest BCUT2D eigenvalue weighted by Gasteiger charge is -2.51. The third-order valence-corrected chi connectivity index (χ3v) is 6.11. The molecule has 2 rings (SSSR count). The van der Waals surface area contributed by atoms with Gasteiger partial charge in [0.15, 0.2) is 5.12 Å². The molecule has 1 aliphatic rings. The summed E-state index contributed by atoms with van der Waals surface area (Å²) in [6, 6.07) is 7.03. The summed E-state index contributed by atoms with van der Waals surface area (Å²) in [5, 5.41) is 0.661. The van der Waals surface area contributed by atoms with E-state index in [4.69, 9.17) is 16.3 Å². The molecule has 1 heterocycles. The van der Waals surface area contributed by atoms with Crippen LogP contribution in [-0.2, 0) is 19.1 Å². The molecule has 0 N–H and O–H groups in total. The molecular formula is C20H26ClNO4S. The van der Waals surface area contributed by atoms with Crippen molar-refractivity contribution in [2.75, 3.05) is 13.2 Å². The van der Waals surface area contributed by atoms with Crippen molar-refractivity contribution in [3.05, 3.63) is 29.3 Å². The standard InChI is InChI=1S/C20H26ClNO4S/c1-12(2)17-18(22(19(17)24)10-5-11-26-14(4)23)13(3)20(25)27-16-8-6-15(21)7-9-16/h6-9,12-13,17-18H,5,10-11H2,1-4H3/t13-,17-,18-/m1/s1. The smallest absolute Gasteiger partial charge is 0.302 e. The molecule has 0 bridgehead atoms. The Bertz CT molecular complexity index is 692. The molecule has 148 valence electrons. The second-order valence-corrected chi connectivity index (χ2v) is 8.66. The molecule has 1 saturated heterocycles. The van der Waals surface area contributed by atoms with Crippen molar-refractivity contribution in [2.24, 2.45) is 17.8 Å². The number of benzene rings is 1. The van der Waals surface area contributed by atoms with Crippen molar-refractivity contribution >= 4 is 40.4 Å². The summed E-state index contributed by atoms with van der Waals surface area (Å²) in [5.41, 5.74) is 0. The number of carbonyl (C=O) groups is 3. The number of esters is 1. The molecule has 1 aliphatic heterocycles. The van der Waals surface area contributed by atoms with E-state index >= 15 is 0 Å². The summed E-state index contributed by atoms with van der Waals surface area (Å²) in [6.07, 6.45) is 0.567. The average molecular weight is 412 g/mol. The maximum atomic E-state index is 12.8. The zero-order valence-corrected chi connectivity index (χ0v) is 17.7. The first-order valence-corrected chi connectivity index (χ1v) is 10.3. The minimum atomic E-state index is -0.329. The van der Waals surface area contributed by atoms with E-state index in [2.05, 4.69) is 0 Å². The van der Waals surface area contributed by atoms with Gasteiger partial charge in [0, 0.05) is 29.3 Å². The number of likely N-dealkylation sites (tertiary alicyclic amines) is 1. The number of carbonyl (C=O) groups excluding carboxylic acids is 3. The Hall–Kier alpha value is -1.53. The van der Waals surface area contributed by atoms with Gasteiger partial charge in [-0.3, -0.25) is 14.4 Å². The number of thioether (sulfide) groups is 1. The molecule has 0 radical (unpaired) electrons. The maximum absolute atomic E-state index is 12.8. The largest absolute Gasteiger partial charge is 0.466 e. The summed E-state index contributed by atoms with van der Waals surface area (Å²) < 4.78 is 4.94. The molecule has 0 unspecified atom stereocenters. The summed E-state index contributed by atoms with van der Waals surface area (Å²) >= 11 is 7.07. The molecule has 1 aromatic rings. The highest BCUT2D eigenvalue weighted by atomic mass is 35.5. The minimum absolute atomic E-state index is 0.0328. The highest BCUT2D eigenvalue weighted by molar-refractivity contribution is 8.13. The normalized spacial score (nSPS) is 20.4. The molecule has 0 aliphatic carbocycles. The van der Waals surface area contributed by atoms with E-state index < -0.39 is 0 Å². The molecule has 0 aromatic heterocycles. The lowest BCUT2D eigenvalue weighted by molar-refractivity contribution is -0.164. The SMILES string of the molecule is CC(=O)OCCCN1C(=O)[C@H](C(C)C)[C@H]1[C@@H](C)C(=O)Sc1ccc(Cl)cc1. The quantitative estimate of drug-likeness (QED) is 0.279. The van der Waals surface area contributed by atoms with Gasteiger partial charge in [0.05, 0.1) is 18.6 Å². The summed E-state index contributed by atoms with van der Waals surface area (Å²) in [5.74, 6) is -0.519. The van der Waals surface area contributed by atoms with Gasteiger partial charge in [0.25, 0.3) is 0 Å². The first-order valence-electron chi connectivity index (χ1n) is 9.13. The number of β-lactam (4-membered cyclic amide) rings is 1. The Morgan fingerprint density at radius 2 is 1.85 bits per heavy atom. The summed E-state index contributed by atoms with van der Waals surface area (Å²) in [6.45, 7) is 8.03. The van der Waals surface area contributed by atoms with Crippen LogP contribution in [-0.4, -0.2) is 41.1 Å². The van der Waals surface area contributed by atoms with Crippen LogP contribution in [0.2, 0.25) is 5.02 Å². The second-order valence-electron chi connectivity index (χ2n) is 7.15. The van der Waals surface area contributed by atoms with Gasteiger partial charge in [-0.15, -0.1) is 0 Å². The fourth-order valence-electron chi connectivity index (χ4n) is 3.42. The van der Waals surface area contributed by atoms with Crippen LogP contribution in [0.3, 0.4) is 0 Å². The average Bonchev–Trinajstić information content (AvgIpc) is 2.59. The fraction of sp³-hybridized carbons (Fsp3) is 0.550. The molecule has 27 heavy (non-hydrogen) atoms. The van der Waals surface area contributed by atoms with E-state index in [1.807, 2.05) is 32.9 Å². The van der Waals surface area contributed by atoms with Gasteiger partial charge in [-0.2, -0.15) is 0 Å². The van der Waals surface area contributed by atoms with Crippen LogP contribution < -0.4 is 0 Å². The van der Waals surface area contributed by atoms with Crippen molar-refractivity contribution in [1.82, 2.24) is 4.90 Å². The highest BCUT2D eigenvalue weighted by Crippen LogP contribution is 2.39. The van der Waals surface area contributed by atoms with E-state index in [0.29, 0.717) is 18.0 Å². The molecule has 0 spiro atoms. The Balaban J connectivity index is 2.02. The van der Waals surface area contributed by atoms with Crippen LogP contribution in [0, 0.1) is 17.8 Å². The van der Waals surface area contributed by atoms with Crippen LogP contribution in [0.25, 0.3) is 0 Å². The third-order valence-electron chi connectivity index (χ3n) is 4.78. The van der Waals surface area contributed by atoms with E-state index in [9.17, 15) is 14.4 Å². The highest BCUT2D eigenvalue weighted by Gasteiger charge is 2.52. The topological polar surface area (TPSA) is 63.7 Å². The zero-order chi connectivity index (χ0) is 20.1. The number of nitrogens with zero attached hydrogens (tertiary/aromatic N) is 1. The fourth-order valence-corrected chi connectivity index (χ4v) is 4.37. The Kier molecular flexibility index (Phi) is 7.74. The van der Waals surface area contributed by atoms with E-state index in [0.717, 1.165) is 4.90 Å². The zero-order valence-electron chi connectivity index (χ0n) is 16.1. The van der Waals surface area contributed by atoms with Crippen LogP contribution in [0.15, 0.2) is 29.2 Å². The van der Waals surface area contributed by atoms with E-state index in [1.54, 1.807) is 17.0 Å². The number of amides is 1. The molecule has 1 fully saturated rings. The predicted molar refractivity (Wildman–Crippen MR) is 107 cm³/mol. The first-order chi connectivity index (χ1) is 12.7. The van der Waals surface area contributed by atoms with Crippen molar-refractivity contribution in [2.45, 2.75) is 45.1 Å². The Labute approximate surface area is 169 Å². The van der Waals surface area contributed by atoms with Crippen LogP contribution in [0.1, 0.15) is 34.1 Å². The van der Waals surface area contributed by atoms with E-state index in [-0.39, 0.29) is 47.4 Å². The van der Waals surface area contributed by atoms with Gasteiger partial charge in [0.2, 0.25) is 5.91 Å². The van der Waals surface area contributed by atoms with Crippen LogP contribution in [0.5, 0.6) is 0 Å². The molecule has 1 amide bonds. The number of hydrogen-bond acceptors (Lipinski definition) is 5. The minimum Gasteiger partial charge on any atom is -0.466 e. The predicted octanol–water partition coefficient (Wildman–Crippen LogP) is 4.03. The van der Waals surface area contributed by atoms with Gasteiger partial charge in [-0.05, 0) is 36.6 Å². The summed E-state index contributed by atoms with van der Waals surface area (Å²) in [7, 11) is 0. The summed E-state index contributed by atoms with van der Waals surface area (Å²) in [4.78, 5) is 38.8. The molecule has 5 nitrogen and oxygen atoms in total. The number of halogens is 1. The number of rotatable bonds is 8. The monoisotopic (exact) mass is 411 g/mol. The Morgan fingerprint density at radius 1 is 1.22 bits per heavy atom. The van der Waals surface area contributed by atoms with Crippen LogP contribution in [0.4, 0.5) is 0 Å². The second kappa shape index (κ2) is 9.60. The molecular weight excluding hydrogens is 386 g/mol. The van der Waals surface area contributed by atoms with Gasteiger partial charge >= 0.3 is 5.97 Å². The van der Waals surface area contributed by atoms with Gasteiger partial charge < -0.3 is 9.64 Å². The number of ether oxygens (including phenoxy) is 1. The lowest BCUT2D eigenvalue weighted by atomic mass is 9.73. The molecule has 1 aromatic carbocycles. The molecule has 7 heteroatoms. The van der Waals surface area contributed by atoms with Gasteiger partial charge in [0.1, 0.15) is 0 Å². The lowest BCUT2D eigenvalue weighted by Crippen LogP contribution is -2.66. The van der Waals surface area contributed by atoms with Gasteiger partial charge in [-0.1, -0.05) is 44.1 Å². The molecule has 3 atom stereocenters. The Morgan fingerprint density at radius 3 is 2.41 bits per heavy atom. The number of hydrogen-bond donors (Lipinski definition) is 0. The first kappa shape index (κ1) is 21.8.